The largest absolute Gasteiger partial charge is 0.489 e. The maximum Gasteiger partial charge on any atom is 0.290 e. The quantitative estimate of drug-likeness (QED) is 0.795. The van der Waals surface area contributed by atoms with Crippen LogP contribution in [0.2, 0.25) is 0 Å². The summed E-state index contributed by atoms with van der Waals surface area (Å²) in [6, 6.07) is 15.3. The van der Waals surface area contributed by atoms with Crippen LogP contribution in [-0.2, 0) is 6.61 Å². The van der Waals surface area contributed by atoms with E-state index in [2.05, 4.69) is 5.32 Å². The summed E-state index contributed by atoms with van der Waals surface area (Å²) in [4.78, 5) is 1.72. The lowest BCUT2D eigenvalue weighted by Gasteiger charge is -2.39. The molecule has 2 aromatic rings. The van der Waals surface area contributed by atoms with Gasteiger partial charge in [-0.2, -0.15) is 0 Å². The third-order valence-corrected chi connectivity index (χ3v) is 4.58. The van der Waals surface area contributed by atoms with Crippen molar-refractivity contribution >= 4 is 0 Å². The smallest absolute Gasteiger partial charge is 0.290 e. The summed E-state index contributed by atoms with van der Waals surface area (Å²) in [6.45, 7) is 1.38. The Morgan fingerprint density at radius 3 is 2.38 bits per heavy atom. The van der Waals surface area contributed by atoms with Gasteiger partial charge in [-0.3, -0.25) is 4.90 Å². The number of ether oxygens (including phenoxy) is 1. The van der Waals surface area contributed by atoms with Crippen molar-refractivity contribution in [2.75, 3.05) is 32.8 Å². The van der Waals surface area contributed by atoms with Gasteiger partial charge in [-0.1, -0.05) is 48.5 Å². The van der Waals surface area contributed by atoms with Crippen molar-refractivity contribution in [2.24, 2.45) is 0 Å². The molecule has 0 spiro atoms. The highest BCUT2D eigenvalue weighted by Gasteiger charge is 2.45. The summed E-state index contributed by atoms with van der Waals surface area (Å²) in [5.41, 5.74) is 1.37. The molecule has 140 valence electrons. The minimum Gasteiger partial charge on any atom is -0.489 e. The molecule has 0 saturated carbocycles. The van der Waals surface area contributed by atoms with Crippen molar-refractivity contribution in [1.82, 2.24) is 10.2 Å². The maximum absolute atomic E-state index is 14.7. The molecule has 3 rings (SSSR count). The zero-order valence-electron chi connectivity index (χ0n) is 14.6. The Kier molecular flexibility index (Phi) is 6.19. The Hall–Kier alpha value is -2.02. The number of halogens is 2. The number of nitrogens with zero attached hydrogens (tertiary/aromatic N) is 1. The first-order valence-electron chi connectivity index (χ1n) is 8.81. The first-order valence-corrected chi connectivity index (χ1v) is 8.81. The van der Waals surface area contributed by atoms with Crippen LogP contribution in [0, 0.1) is 0 Å². The minimum atomic E-state index is -3.26. The molecule has 1 heterocycles. The molecular weight excluding hydrogens is 338 g/mol. The number of hydrogen-bond acceptors (Lipinski definition) is 4. The zero-order valence-corrected chi connectivity index (χ0v) is 14.6. The highest BCUT2D eigenvalue weighted by molar-refractivity contribution is 5.37. The number of rotatable bonds is 7. The lowest BCUT2D eigenvalue weighted by molar-refractivity contribution is -0.119. The van der Waals surface area contributed by atoms with Crippen LogP contribution in [0.3, 0.4) is 0 Å². The third kappa shape index (κ3) is 4.38. The van der Waals surface area contributed by atoms with E-state index in [4.69, 9.17) is 4.74 Å². The number of piperazine rings is 1. The predicted molar refractivity (Wildman–Crippen MR) is 96.4 cm³/mol. The molecule has 4 nitrogen and oxygen atoms in total. The fourth-order valence-corrected chi connectivity index (χ4v) is 3.29. The van der Waals surface area contributed by atoms with Crippen molar-refractivity contribution in [3.63, 3.8) is 0 Å². The van der Waals surface area contributed by atoms with Gasteiger partial charge in [0.15, 0.2) is 0 Å². The number of nitrogens with one attached hydrogen (secondary N) is 1. The SMILES string of the molecule is OCC(F)(F)[C@H](c1ccccc1OCc1ccccc1)N1CCNCC1. The van der Waals surface area contributed by atoms with Crippen molar-refractivity contribution in [3.8, 4) is 5.75 Å². The fourth-order valence-electron chi connectivity index (χ4n) is 3.29. The topological polar surface area (TPSA) is 44.7 Å². The van der Waals surface area contributed by atoms with E-state index in [1.54, 1.807) is 29.2 Å². The van der Waals surface area contributed by atoms with Crippen molar-refractivity contribution in [1.29, 1.82) is 0 Å². The van der Waals surface area contributed by atoms with Gasteiger partial charge in [-0.15, -0.1) is 0 Å². The van der Waals surface area contributed by atoms with Gasteiger partial charge in [0.25, 0.3) is 5.92 Å². The number of benzene rings is 2. The molecule has 0 aromatic heterocycles. The van der Waals surface area contributed by atoms with Crippen molar-refractivity contribution < 1.29 is 18.6 Å². The summed E-state index contributed by atoms with van der Waals surface area (Å²) >= 11 is 0. The molecule has 1 aliphatic heterocycles. The van der Waals surface area contributed by atoms with Crippen LogP contribution < -0.4 is 10.1 Å². The molecule has 2 N–H and O–H groups in total. The van der Waals surface area contributed by atoms with Crippen LogP contribution >= 0.6 is 0 Å². The number of alkyl halides is 2. The van der Waals surface area contributed by atoms with Crippen LogP contribution in [0.25, 0.3) is 0 Å². The Morgan fingerprint density at radius 2 is 1.69 bits per heavy atom. The summed E-state index contributed by atoms with van der Waals surface area (Å²) in [5.74, 6) is -2.84. The van der Waals surface area contributed by atoms with Gasteiger partial charge >= 0.3 is 0 Å². The predicted octanol–water partition coefficient (Wildman–Crippen LogP) is 2.84. The number of aliphatic hydroxyl groups excluding tert-OH is 1. The molecule has 0 aliphatic carbocycles. The molecule has 2 aromatic carbocycles. The first kappa shape index (κ1) is 18.8. The minimum absolute atomic E-state index is 0.302. The van der Waals surface area contributed by atoms with E-state index < -0.39 is 18.6 Å². The van der Waals surface area contributed by atoms with E-state index in [0.29, 0.717) is 44.1 Å². The number of hydrogen-bond donors (Lipinski definition) is 2. The van der Waals surface area contributed by atoms with E-state index in [9.17, 15) is 13.9 Å². The van der Waals surface area contributed by atoms with E-state index in [1.165, 1.54) is 0 Å². The normalized spacial score (nSPS) is 17.0. The van der Waals surface area contributed by atoms with Gasteiger partial charge in [-0.05, 0) is 11.6 Å². The third-order valence-electron chi connectivity index (χ3n) is 4.58. The molecule has 1 aliphatic rings. The van der Waals surface area contributed by atoms with E-state index in [1.807, 2.05) is 30.3 Å². The second-order valence-corrected chi connectivity index (χ2v) is 6.42. The zero-order chi connectivity index (χ0) is 18.4. The van der Waals surface area contributed by atoms with Gasteiger partial charge in [0.05, 0.1) is 0 Å². The molecule has 0 amide bonds. The Morgan fingerprint density at radius 1 is 1.04 bits per heavy atom. The summed E-state index contributed by atoms with van der Waals surface area (Å²) in [6.07, 6.45) is 0. The molecule has 6 heteroatoms. The number of para-hydroxylation sites is 1. The molecular formula is C20H24F2N2O2. The maximum atomic E-state index is 14.7. The lowest BCUT2D eigenvalue weighted by Crippen LogP contribution is -2.51. The van der Waals surface area contributed by atoms with Gasteiger partial charge < -0.3 is 15.2 Å². The Balaban J connectivity index is 1.88. The van der Waals surface area contributed by atoms with E-state index in [-0.39, 0.29) is 0 Å². The fraction of sp³-hybridized carbons (Fsp3) is 0.400. The van der Waals surface area contributed by atoms with E-state index >= 15 is 0 Å². The van der Waals surface area contributed by atoms with Gasteiger partial charge in [0.1, 0.15) is 25.0 Å². The van der Waals surface area contributed by atoms with Crippen LogP contribution in [0.5, 0.6) is 5.75 Å². The molecule has 1 atom stereocenters. The summed E-state index contributed by atoms with van der Waals surface area (Å²) in [7, 11) is 0. The van der Waals surface area contributed by atoms with Crippen LogP contribution in [0.15, 0.2) is 54.6 Å². The molecule has 0 unspecified atom stereocenters. The van der Waals surface area contributed by atoms with Crippen LogP contribution in [-0.4, -0.2) is 48.7 Å². The second-order valence-electron chi connectivity index (χ2n) is 6.42. The average Bonchev–Trinajstić information content (AvgIpc) is 2.69. The second kappa shape index (κ2) is 8.58. The van der Waals surface area contributed by atoms with Gasteiger partial charge in [0, 0.05) is 31.7 Å². The highest BCUT2D eigenvalue weighted by atomic mass is 19.3. The Labute approximate surface area is 152 Å². The first-order chi connectivity index (χ1) is 12.6. The van der Waals surface area contributed by atoms with Crippen molar-refractivity contribution in [2.45, 2.75) is 18.6 Å². The standard InChI is InChI=1S/C20H24F2N2O2/c21-20(22,15-25)19(24-12-10-23-11-13-24)17-8-4-5-9-18(17)26-14-16-6-2-1-3-7-16/h1-9,19,23,25H,10-15H2/t19-/m0/s1. The van der Waals surface area contributed by atoms with Gasteiger partial charge in [0.2, 0.25) is 0 Å². The molecule has 1 fully saturated rings. The average molecular weight is 362 g/mol. The van der Waals surface area contributed by atoms with Gasteiger partial charge in [-0.25, -0.2) is 8.78 Å². The Bertz CT molecular complexity index is 691. The van der Waals surface area contributed by atoms with Crippen LogP contribution in [0.4, 0.5) is 8.78 Å². The van der Waals surface area contributed by atoms with E-state index in [0.717, 1.165) is 5.56 Å². The molecule has 26 heavy (non-hydrogen) atoms. The van der Waals surface area contributed by atoms with Crippen molar-refractivity contribution in [3.05, 3.63) is 65.7 Å². The monoisotopic (exact) mass is 362 g/mol. The number of aliphatic hydroxyl groups is 1. The summed E-state index contributed by atoms with van der Waals surface area (Å²) < 4.78 is 35.2. The summed E-state index contributed by atoms with van der Waals surface area (Å²) in [5, 5.41) is 12.5. The molecule has 0 bridgehead atoms. The highest BCUT2D eigenvalue weighted by Crippen LogP contribution is 2.40. The van der Waals surface area contributed by atoms with Crippen LogP contribution in [0.1, 0.15) is 17.2 Å². The lowest BCUT2D eigenvalue weighted by atomic mass is 9.97. The molecule has 0 radical (unpaired) electrons. The molecule has 1 saturated heterocycles.